The van der Waals surface area contributed by atoms with Crippen molar-refractivity contribution in [1.82, 2.24) is 14.5 Å². The summed E-state index contributed by atoms with van der Waals surface area (Å²) in [7, 11) is 0. The summed E-state index contributed by atoms with van der Waals surface area (Å²) >= 11 is 0. The standard InChI is InChI=1S/C46H35N3/c1-45(2)36-19-11-8-16-31(36)33-26-27-34-32-17-10-13-21-38(32)49(43(34)39(33)45)30-24-22-28(23-25-30)41-40-42(35-18-9-12-20-37(35)46(40,3)4)48-44(47-41)29-14-6-5-7-15-29/h5-27H,1-4H3. The number of rotatable bonds is 3. The molecular weight excluding hydrogens is 595 g/mol. The Balaban J connectivity index is 1.20. The monoisotopic (exact) mass is 629 g/mol. The highest BCUT2D eigenvalue weighted by atomic mass is 15.0. The Labute approximate surface area is 286 Å². The minimum Gasteiger partial charge on any atom is -0.309 e. The summed E-state index contributed by atoms with van der Waals surface area (Å²) in [5, 5.41) is 2.57. The van der Waals surface area contributed by atoms with E-state index in [0.29, 0.717) is 0 Å². The summed E-state index contributed by atoms with van der Waals surface area (Å²) in [6.45, 7) is 9.36. The molecule has 0 saturated heterocycles. The first-order chi connectivity index (χ1) is 23.8. The molecule has 2 aromatic heterocycles. The van der Waals surface area contributed by atoms with Crippen molar-refractivity contribution in [3.05, 3.63) is 162 Å². The highest BCUT2D eigenvalue weighted by Crippen LogP contribution is 2.54. The molecule has 6 aromatic carbocycles. The molecule has 0 unspecified atom stereocenters. The van der Waals surface area contributed by atoms with E-state index in [-0.39, 0.29) is 10.8 Å². The Kier molecular flexibility index (Phi) is 5.69. The van der Waals surface area contributed by atoms with Gasteiger partial charge in [-0.15, -0.1) is 0 Å². The minimum absolute atomic E-state index is 0.132. The number of hydrogen-bond acceptors (Lipinski definition) is 2. The van der Waals surface area contributed by atoms with E-state index in [1.165, 1.54) is 60.8 Å². The van der Waals surface area contributed by atoms with Crippen LogP contribution in [0.1, 0.15) is 49.9 Å². The summed E-state index contributed by atoms with van der Waals surface area (Å²) in [5.41, 5.74) is 16.6. The highest BCUT2D eigenvalue weighted by molar-refractivity contribution is 6.13. The molecular formula is C46H35N3. The van der Waals surface area contributed by atoms with Crippen molar-refractivity contribution >= 4 is 21.8 Å². The summed E-state index contributed by atoms with van der Waals surface area (Å²) in [4.78, 5) is 10.5. The lowest BCUT2D eigenvalue weighted by Gasteiger charge is -2.24. The van der Waals surface area contributed by atoms with Crippen LogP contribution in [0, 0.1) is 0 Å². The minimum atomic E-state index is -0.233. The molecule has 0 spiro atoms. The van der Waals surface area contributed by atoms with Gasteiger partial charge in [-0.3, -0.25) is 0 Å². The molecule has 3 heteroatoms. The summed E-state index contributed by atoms with van der Waals surface area (Å²) in [5.74, 6) is 0.755. The number of hydrogen-bond donors (Lipinski definition) is 0. The predicted molar refractivity (Wildman–Crippen MR) is 202 cm³/mol. The van der Waals surface area contributed by atoms with Gasteiger partial charge in [0.1, 0.15) is 0 Å². The molecule has 10 rings (SSSR count). The second-order valence-electron chi connectivity index (χ2n) is 14.6. The van der Waals surface area contributed by atoms with Crippen molar-refractivity contribution in [2.45, 2.75) is 38.5 Å². The van der Waals surface area contributed by atoms with Crippen LogP contribution in [0.2, 0.25) is 0 Å². The van der Waals surface area contributed by atoms with Gasteiger partial charge in [-0.25, -0.2) is 9.97 Å². The normalized spacial score (nSPS) is 14.9. The summed E-state index contributed by atoms with van der Waals surface area (Å²) in [6.07, 6.45) is 0. The first kappa shape index (κ1) is 28.2. The van der Waals surface area contributed by atoms with Crippen molar-refractivity contribution in [2.24, 2.45) is 0 Å². The lowest BCUT2D eigenvalue weighted by molar-refractivity contribution is 0.658. The second kappa shape index (κ2) is 9.87. The SMILES string of the molecule is CC1(C)c2ccccc2-c2nc(-c3ccccc3)nc(-c3ccc(-n4c5ccccc5c5ccc6c(c54)C(C)(C)c4ccccc4-6)cc3)c21. The topological polar surface area (TPSA) is 30.7 Å². The zero-order valence-corrected chi connectivity index (χ0v) is 28.1. The zero-order valence-electron chi connectivity index (χ0n) is 28.1. The molecule has 0 radical (unpaired) electrons. The van der Waals surface area contributed by atoms with Gasteiger partial charge in [0, 0.05) is 49.5 Å². The summed E-state index contributed by atoms with van der Waals surface area (Å²) < 4.78 is 2.49. The lowest BCUT2D eigenvalue weighted by atomic mass is 9.81. The van der Waals surface area contributed by atoms with E-state index in [0.717, 1.165) is 34.0 Å². The smallest absolute Gasteiger partial charge is 0.160 e. The van der Waals surface area contributed by atoms with E-state index in [1.54, 1.807) is 0 Å². The molecule has 0 saturated carbocycles. The van der Waals surface area contributed by atoms with Crippen LogP contribution in [0.25, 0.3) is 72.5 Å². The Morgan fingerprint density at radius 2 is 1.06 bits per heavy atom. The molecule has 0 fully saturated rings. The molecule has 2 aliphatic rings. The van der Waals surface area contributed by atoms with Gasteiger partial charge in [-0.2, -0.15) is 0 Å². The van der Waals surface area contributed by atoms with Crippen LogP contribution < -0.4 is 0 Å². The maximum atomic E-state index is 5.33. The van der Waals surface area contributed by atoms with Crippen molar-refractivity contribution in [1.29, 1.82) is 0 Å². The van der Waals surface area contributed by atoms with Crippen LogP contribution in [0.15, 0.2) is 140 Å². The Morgan fingerprint density at radius 3 is 1.84 bits per heavy atom. The van der Waals surface area contributed by atoms with E-state index in [1.807, 2.05) is 6.07 Å². The number of benzene rings is 6. The van der Waals surface area contributed by atoms with E-state index in [2.05, 4.69) is 166 Å². The quantitative estimate of drug-likeness (QED) is 0.195. The lowest BCUT2D eigenvalue weighted by Crippen LogP contribution is -2.17. The fourth-order valence-electron chi connectivity index (χ4n) is 8.89. The average molecular weight is 630 g/mol. The van der Waals surface area contributed by atoms with Gasteiger partial charge in [0.05, 0.1) is 22.4 Å². The number of fused-ring (bicyclic) bond motifs is 10. The molecule has 0 aliphatic heterocycles. The largest absolute Gasteiger partial charge is 0.309 e. The molecule has 0 atom stereocenters. The molecule has 2 heterocycles. The van der Waals surface area contributed by atoms with Crippen LogP contribution in [0.5, 0.6) is 0 Å². The van der Waals surface area contributed by atoms with Crippen molar-refractivity contribution in [2.75, 3.05) is 0 Å². The molecule has 0 bridgehead atoms. The van der Waals surface area contributed by atoms with Crippen LogP contribution in [0.3, 0.4) is 0 Å². The molecule has 8 aromatic rings. The first-order valence-corrected chi connectivity index (χ1v) is 17.2. The molecule has 3 nitrogen and oxygen atoms in total. The van der Waals surface area contributed by atoms with Gasteiger partial charge in [0.2, 0.25) is 0 Å². The third-order valence-electron chi connectivity index (χ3n) is 11.2. The highest BCUT2D eigenvalue weighted by Gasteiger charge is 2.41. The van der Waals surface area contributed by atoms with Gasteiger partial charge < -0.3 is 4.57 Å². The fourth-order valence-corrected chi connectivity index (χ4v) is 8.89. The maximum Gasteiger partial charge on any atom is 0.160 e. The second-order valence-corrected chi connectivity index (χ2v) is 14.6. The molecule has 2 aliphatic carbocycles. The summed E-state index contributed by atoms with van der Waals surface area (Å²) in [6, 6.07) is 50.5. The third-order valence-corrected chi connectivity index (χ3v) is 11.2. The van der Waals surface area contributed by atoms with Crippen LogP contribution >= 0.6 is 0 Å². The predicted octanol–water partition coefficient (Wildman–Crippen LogP) is 11.5. The number of nitrogens with zero attached hydrogens (tertiary/aromatic N) is 3. The average Bonchev–Trinajstić information content (AvgIpc) is 3.69. The third kappa shape index (κ3) is 3.79. The van der Waals surface area contributed by atoms with Crippen molar-refractivity contribution in [3.63, 3.8) is 0 Å². The van der Waals surface area contributed by atoms with E-state index in [9.17, 15) is 0 Å². The van der Waals surface area contributed by atoms with Gasteiger partial charge in [-0.05, 0) is 46.0 Å². The molecule has 234 valence electrons. The Bertz CT molecular complexity index is 2640. The van der Waals surface area contributed by atoms with Crippen molar-refractivity contribution < 1.29 is 0 Å². The Hall–Kier alpha value is -5.80. The first-order valence-electron chi connectivity index (χ1n) is 17.2. The zero-order chi connectivity index (χ0) is 33.1. The van der Waals surface area contributed by atoms with E-state index < -0.39 is 0 Å². The molecule has 0 amide bonds. The van der Waals surface area contributed by atoms with E-state index in [4.69, 9.17) is 9.97 Å². The Morgan fingerprint density at radius 1 is 0.449 bits per heavy atom. The number of para-hydroxylation sites is 1. The maximum absolute atomic E-state index is 5.33. The van der Waals surface area contributed by atoms with Crippen LogP contribution in [0.4, 0.5) is 0 Å². The fraction of sp³-hybridized carbons (Fsp3) is 0.130. The van der Waals surface area contributed by atoms with Gasteiger partial charge in [-0.1, -0.05) is 149 Å². The van der Waals surface area contributed by atoms with Gasteiger partial charge in [0.25, 0.3) is 0 Å². The van der Waals surface area contributed by atoms with E-state index >= 15 is 0 Å². The van der Waals surface area contributed by atoms with Crippen LogP contribution in [-0.2, 0) is 10.8 Å². The molecule has 0 N–H and O–H groups in total. The number of aromatic nitrogens is 3. The molecule has 49 heavy (non-hydrogen) atoms. The van der Waals surface area contributed by atoms with Crippen LogP contribution in [-0.4, -0.2) is 14.5 Å². The van der Waals surface area contributed by atoms with Crippen molar-refractivity contribution in [3.8, 4) is 50.7 Å². The van der Waals surface area contributed by atoms with Gasteiger partial charge >= 0.3 is 0 Å². The van der Waals surface area contributed by atoms with Gasteiger partial charge in [0.15, 0.2) is 5.82 Å².